The van der Waals surface area contributed by atoms with E-state index in [-0.39, 0.29) is 5.54 Å². The molecule has 0 aliphatic heterocycles. The molecule has 1 unspecified atom stereocenters. The van der Waals surface area contributed by atoms with Gasteiger partial charge in [0.1, 0.15) is 0 Å². The summed E-state index contributed by atoms with van der Waals surface area (Å²) < 4.78 is 4.43. The molecular weight excluding hydrogens is 146 g/mol. The molecule has 1 atom stereocenters. The van der Waals surface area contributed by atoms with Gasteiger partial charge in [0.2, 0.25) is 0 Å². The summed E-state index contributed by atoms with van der Waals surface area (Å²) in [6.45, 7) is 6.87. The van der Waals surface area contributed by atoms with Crippen LogP contribution in [0, 0.1) is 0 Å². The van der Waals surface area contributed by atoms with Crippen LogP contribution in [-0.4, -0.2) is 23.0 Å². The van der Waals surface area contributed by atoms with Crippen molar-refractivity contribution in [3.05, 3.63) is 0 Å². The van der Waals surface area contributed by atoms with Gasteiger partial charge >= 0.3 is 6.09 Å². The molecule has 0 saturated carbocycles. The number of hydrogen-bond acceptors (Lipinski definition) is 3. The second-order valence-corrected chi connectivity index (χ2v) is 3.38. The second-order valence-electron chi connectivity index (χ2n) is 3.38. The van der Waals surface area contributed by atoms with Crippen LogP contribution in [0.1, 0.15) is 27.7 Å². The molecule has 2 N–H and O–H groups in total. The van der Waals surface area contributed by atoms with E-state index in [0.29, 0.717) is 0 Å². The Morgan fingerprint density at radius 3 is 2.27 bits per heavy atom. The van der Waals surface area contributed by atoms with Crippen molar-refractivity contribution in [2.45, 2.75) is 39.5 Å². The van der Waals surface area contributed by atoms with Gasteiger partial charge in [-0.15, -0.1) is 0 Å². The molecule has 0 aromatic carbocycles. The molecule has 1 amide bonds. The van der Waals surface area contributed by atoms with E-state index in [0.717, 1.165) is 0 Å². The first-order chi connectivity index (χ1) is 4.81. The maximum Gasteiger partial charge on any atom is 0.409 e. The van der Waals surface area contributed by atoms with Crippen LogP contribution in [0.4, 0.5) is 4.79 Å². The van der Waals surface area contributed by atoms with Gasteiger partial charge in [0, 0.05) is 5.54 Å². The molecule has 0 radical (unpaired) electrons. The number of rotatable bonds is 1. The molecule has 4 heteroatoms. The van der Waals surface area contributed by atoms with Gasteiger partial charge < -0.3 is 15.2 Å². The Hall–Kier alpha value is -0.770. The van der Waals surface area contributed by atoms with E-state index in [1.165, 1.54) is 6.92 Å². The van der Waals surface area contributed by atoms with Gasteiger partial charge in [0.15, 0.2) is 6.29 Å². The number of nitrogens with one attached hydrogen (secondary N) is 1. The van der Waals surface area contributed by atoms with Crippen molar-refractivity contribution >= 4 is 6.09 Å². The number of carbonyl (C=O) groups excluding carboxylic acids is 1. The zero-order valence-electron chi connectivity index (χ0n) is 7.34. The van der Waals surface area contributed by atoms with E-state index in [1.54, 1.807) is 0 Å². The first-order valence-electron chi connectivity index (χ1n) is 3.48. The van der Waals surface area contributed by atoms with Crippen LogP contribution in [0.15, 0.2) is 0 Å². The van der Waals surface area contributed by atoms with Crippen molar-refractivity contribution in [1.29, 1.82) is 0 Å². The van der Waals surface area contributed by atoms with Crippen LogP contribution < -0.4 is 5.32 Å². The maximum absolute atomic E-state index is 10.8. The normalized spacial score (nSPS) is 13.9. The number of carbonyl (C=O) groups is 1. The van der Waals surface area contributed by atoms with E-state index >= 15 is 0 Å². The van der Waals surface area contributed by atoms with Crippen LogP contribution >= 0.6 is 0 Å². The number of alkyl carbamates (subject to hydrolysis) is 1. The van der Waals surface area contributed by atoms with E-state index < -0.39 is 12.4 Å². The summed E-state index contributed by atoms with van der Waals surface area (Å²) in [5.41, 5.74) is -0.327. The zero-order valence-corrected chi connectivity index (χ0v) is 7.34. The van der Waals surface area contributed by atoms with Gasteiger partial charge in [0.05, 0.1) is 0 Å². The average molecular weight is 161 g/mol. The monoisotopic (exact) mass is 161 g/mol. The van der Waals surface area contributed by atoms with Crippen LogP contribution in [0.2, 0.25) is 0 Å². The molecule has 0 bridgehead atoms. The highest BCUT2D eigenvalue weighted by Crippen LogP contribution is 1.99. The minimum Gasteiger partial charge on any atom is -0.420 e. The van der Waals surface area contributed by atoms with E-state index in [9.17, 15) is 4.79 Å². The van der Waals surface area contributed by atoms with Crippen molar-refractivity contribution in [3.8, 4) is 0 Å². The standard InChI is InChI=1S/C7H15NO3/c1-5(9)11-6(10)8-7(2,3)4/h5,9H,1-4H3,(H,8,10). The lowest BCUT2D eigenvalue weighted by Crippen LogP contribution is -2.41. The fraction of sp³-hybridized carbons (Fsp3) is 0.857. The summed E-state index contributed by atoms with van der Waals surface area (Å²) in [6, 6.07) is 0. The number of ether oxygens (including phenoxy) is 1. The Balaban J connectivity index is 3.71. The summed E-state index contributed by atoms with van der Waals surface area (Å²) in [5, 5.41) is 11.2. The third kappa shape index (κ3) is 7.12. The van der Waals surface area contributed by atoms with E-state index in [1.807, 2.05) is 20.8 Å². The summed E-state index contributed by atoms with van der Waals surface area (Å²) in [4.78, 5) is 10.8. The first kappa shape index (κ1) is 10.2. The average Bonchev–Trinajstić information content (AvgIpc) is 1.53. The largest absolute Gasteiger partial charge is 0.420 e. The molecule has 0 heterocycles. The van der Waals surface area contributed by atoms with Crippen molar-refractivity contribution < 1.29 is 14.6 Å². The Bertz CT molecular complexity index is 137. The molecule has 0 saturated heterocycles. The van der Waals surface area contributed by atoms with Gasteiger partial charge in [0.25, 0.3) is 0 Å². The van der Waals surface area contributed by atoms with Crippen molar-refractivity contribution in [2.75, 3.05) is 0 Å². The topological polar surface area (TPSA) is 58.6 Å². The van der Waals surface area contributed by atoms with Crippen LogP contribution in [0.5, 0.6) is 0 Å². The maximum atomic E-state index is 10.8. The van der Waals surface area contributed by atoms with Gasteiger partial charge in [-0.1, -0.05) is 0 Å². The van der Waals surface area contributed by atoms with E-state index in [4.69, 9.17) is 5.11 Å². The zero-order chi connectivity index (χ0) is 9.07. The summed E-state index contributed by atoms with van der Waals surface area (Å²) >= 11 is 0. The molecule has 66 valence electrons. The second kappa shape index (κ2) is 3.57. The molecular formula is C7H15NO3. The fourth-order valence-corrected chi connectivity index (χ4v) is 0.491. The smallest absolute Gasteiger partial charge is 0.409 e. The van der Waals surface area contributed by atoms with Crippen LogP contribution in [0.3, 0.4) is 0 Å². The van der Waals surface area contributed by atoms with Crippen molar-refractivity contribution in [1.82, 2.24) is 5.32 Å². The molecule has 0 spiro atoms. The third-order valence-electron chi connectivity index (χ3n) is 0.755. The Kier molecular flexibility index (Phi) is 3.32. The minimum absolute atomic E-state index is 0.327. The lowest BCUT2D eigenvalue weighted by atomic mass is 10.1. The first-order valence-corrected chi connectivity index (χ1v) is 3.48. The predicted octanol–water partition coefficient (Wildman–Crippen LogP) is 0.849. The van der Waals surface area contributed by atoms with Crippen molar-refractivity contribution in [2.24, 2.45) is 0 Å². The lowest BCUT2D eigenvalue weighted by molar-refractivity contribution is -0.0390. The molecule has 11 heavy (non-hydrogen) atoms. The van der Waals surface area contributed by atoms with Crippen molar-refractivity contribution in [3.63, 3.8) is 0 Å². The Morgan fingerprint density at radius 2 is 2.00 bits per heavy atom. The predicted molar refractivity (Wildman–Crippen MR) is 41.1 cm³/mol. The number of aliphatic hydroxyl groups is 1. The minimum atomic E-state index is -1.06. The van der Waals surface area contributed by atoms with Gasteiger partial charge in [-0.25, -0.2) is 4.79 Å². The summed E-state index contributed by atoms with van der Waals surface area (Å²) in [6.07, 6.45) is -1.66. The van der Waals surface area contributed by atoms with Gasteiger partial charge in [-0.3, -0.25) is 0 Å². The third-order valence-corrected chi connectivity index (χ3v) is 0.755. The molecule has 0 aromatic heterocycles. The molecule has 0 fully saturated rings. The molecule has 0 rings (SSSR count). The molecule has 0 aromatic rings. The number of hydrogen-bond donors (Lipinski definition) is 2. The number of amides is 1. The SMILES string of the molecule is CC(O)OC(=O)NC(C)(C)C. The fourth-order valence-electron chi connectivity index (χ4n) is 0.491. The quantitative estimate of drug-likeness (QED) is 0.560. The number of aliphatic hydroxyl groups excluding tert-OH is 1. The summed E-state index contributed by atoms with van der Waals surface area (Å²) in [5.74, 6) is 0. The highest BCUT2D eigenvalue weighted by molar-refractivity contribution is 5.68. The Labute approximate surface area is 66.5 Å². The Morgan fingerprint density at radius 1 is 1.55 bits per heavy atom. The molecule has 4 nitrogen and oxygen atoms in total. The molecule has 0 aliphatic carbocycles. The molecule has 0 aliphatic rings. The van der Waals surface area contributed by atoms with Crippen LogP contribution in [-0.2, 0) is 4.74 Å². The van der Waals surface area contributed by atoms with Crippen LogP contribution in [0.25, 0.3) is 0 Å². The van der Waals surface area contributed by atoms with Gasteiger partial charge in [-0.05, 0) is 27.7 Å². The highest BCUT2D eigenvalue weighted by Gasteiger charge is 2.15. The lowest BCUT2D eigenvalue weighted by Gasteiger charge is -2.20. The summed E-state index contributed by atoms with van der Waals surface area (Å²) in [7, 11) is 0. The van der Waals surface area contributed by atoms with Gasteiger partial charge in [-0.2, -0.15) is 0 Å². The van der Waals surface area contributed by atoms with E-state index in [2.05, 4.69) is 10.1 Å². The highest BCUT2D eigenvalue weighted by atomic mass is 16.6.